The number of likely N-dealkylation sites (tertiary alicyclic amines) is 1. The van der Waals surface area contributed by atoms with Crippen LogP contribution in [0.1, 0.15) is 30.4 Å². The van der Waals surface area contributed by atoms with Crippen LogP contribution in [0.2, 0.25) is 0 Å². The molecule has 2 aliphatic heterocycles. The number of carbonyl (C=O) groups excluding carboxylic acids is 1. The second-order valence-corrected chi connectivity index (χ2v) is 7.63. The fourth-order valence-corrected chi connectivity index (χ4v) is 3.90. The fraction of sp³-hybridized carbons (Fsp3) is 0.562. The van der Waals surface area contributed by atoms with Crippen LogP contribution in [0.15, 0.2) is 18.2 Å². The number of nitrogens with one attached hydrogen (secondary N) is 1. The van der Waals surface area contributed by atoms with Crippen molar-refractivity contribution in [2.75, 3.05) is 25.0 Å². The van der Waals surface area contributed by atoms with E-state index in [1.807, 2.05) is 6.92 Å². The van der Waals surface area contributed by atoms with Crippen molar-refractivity contribution in [1.29, 1.82) is 0 Å². The maximum atomic E-state index is 12.6. The molecule has 0 spiro atoms. The minimum atomic E-state index is -0.123. The van der Waals surface area contributed by atoms with Crippen LogP contribution >= 0.6 is 15.9 Å². The maximum absolute atomic E-state index is 12.6. The van der Waals surface area contributed by atoms with Gasteiger partial charge in [-0.3, -0.25) is 4.79 Å². The molecule has 2 aliphatic rings. The average molecular weight is 338 g/mol. The molecule has 4 atom stereocenters. The Kier molecular flexibility index (Phi) is 3.63. The van der Waals surface area contributed by atoms with Crippen molar-refractivity contribution >= 4 is 27.5 Å². The Balaban J connectivity index is 2.06. The molecule has 20 heavy (non-hydrogen) atoms. The summed E-state index contributed by atoms with van der Waals surface area (Å²) in [5, 5.41) is 0. The predicted molar refractivity (Wildman–Crippen MR) is 84.8 cm³/mol. The first-order valence-corrected chi connectivity index (χ1v) is 8.29. The van der Waals surface area contributed by atoms with E-state index in [0.717, 1.165) is 25.2 Å². The summed E-state index contributed by atoms with van der Waals surface area (Å²) < 4.78 is 0. The summed E-state index contributed by atoms with van der Waals surface area (Å²) in [4.78, 5) is 16.1. The molecular weight excluding hydrogens is 316 g/mol. The Labute approximate surface area is 129 Å². The van der Waals surface area contributed by atoms with E-state index in [1.54, 1.807) is 4.90 Å². The van der Waals surface area contributed by atoms with E-state index in [1.165, 1.54) is 11.1 Å². The predicted octanol–water partition coefficient (Wildman–Crippen LogP) is 1.50. The minimum absolute atomic E-state index is 0.123. The van der Waals surface area contributed by atoms with Crippen LogP contribution in [-0.2, 0) is 4.79 Å². The summed E-state index contributed by atoms with van der Waals surface area (Å²) >= 11 is 3.45. The van der Waals surface area contributed by atoms with Crippen LogP contribution in [0.3, 0.4) is 0 Å². The molecule has 3 rings (SSSR count). The van der Waals surface area contributed by atoms with Crippen LogP contribution < -0.4 is 9.80 Å². The third-order valence-electron chi connectivity index (χ3n) is 4.65. The van der Waals surface area contributed by atoms with E-state index < -0.39 is 0 Å². The van der Waals surface area contributed by atoms with Gasteiger partial charge in [-0.05, 0) is 25.5 Å². The van der Waals surface area contributed by atoms with Gasteiger partial charge in [-0.25, -0.2) is 0 Å². The van der Waals surface area contributed by atoms with E-state index in [2.05, 4.69) is 53.0 Å². The van der Waals surface area contributed by atoms with E-state index in [4.69, 9.17) is 0 Å². The third-order valence-corrected chi connectivity index (χ3v) is 5.04. The van der Waals surface area contributed by atoms with Crippen LogP contribution in [0.4, 0.5) is 5.69 Å². The highest BCUT2D eigenvalue weighted by atomic mass is 79.9. The lowest BCUT2D eigenvalue weighted by molar-refractivity contribution is -0.886. The molecule has 0 bridgehead atoms. The number of carbonyl (C=O) groups is 1. The largest absolute Gasteiger partial charge is 0.337 e. The first kappa shape index (κ1) is 14.1. The molecule has 108 valence electrons. The standard InChI is InChI=1S/C16H21BrN2O/c1-10-4-5-14-12(8-10)13-9-18(3)7-6-15(13)19(14)16(20)11(2)17/h4-5,8,11,13,15H,6-7,9H2,1-3H3/p+1/t11-,13+,15+/m1/s1. The summed E-state index contributed by atoms with van der Waals surface area (Å²) in [5.41, 5.74) is 3.79. The van der Waals surface area contributed by atoms with Crippen LogP contribution in [0.5, 0.6) is 0 Å². The number of hydrogen-bond acceptors (Lipinski definition) is 1. The third kappa shape index (κ3) is 2.19. The number of piperidine rings is 1. The normalized spacial score (nSPS) is 29.8. The Bertz CT molecular complexity index is 543. The van der Waals surface area contributed by atoms with E-state index in [0.29, 0.717) is 12.0 Å². The number of alkyl halides is 1. The van der Waals surface area contributed by atoms with E-state index >= 15 is 0 Å². The molecule has 1 unspecified atom stereocenters. The van der Waals surface area contributed by atoms with Gasteiger partial charge in [-0.15, -0.1) is 0 Å². The van der Waals surface area contributed by atoms with Gasteiger partial charge < -0.3 is 9.80 Å². The van der Waals surface area contributed by atoms with Crippen molar-refractivity contribution in [3.05, 3.63) is 29.3 Å². The number of quaternary nitrogens is 1. The number of fused-ring (bicyclic) bond motifs is 3. The van der Waals surface area contributed by atoms with Gasteiger partial charge in [0, 0.05) is 12.1 Å². The number of benzene rings is 1. The van der Waals surface area contributed by atoms with E-state index in [-0.39, 0.29) is 10.7 Å². The highest BCUT2D eigenvalue weighted by Crippen LogP contribution is 2.43. The number of hydrogen-bond donors (Lipinski definition) is 1. The van der Waals surface area contributed by atoms with E-state index in [9.17, 15) is 4.79 Å². The topological polar surface area (TPSA) is 24.8 Å². The van der Waals surface area contributed by atoms with Gasteiger partial charge in [0.25, 0.3) is 0 Å². The van der Waals surface area contributed by atoms with Crippen molar-refractivity contribution < 1.29 is 9.69 Å². The van der Waals surface area contributed by atoms with Crippen LogP contribution in [-0.4, -0.2) is 36.9 Å². The Hall–Kier alpha value is -0.870. The molecule has 1 amide bonds. The fourth-order valence-electron chi connectivity index (χ4n) is 3.68. The summed E-state index contributed by atoms with van der Waals surface area (Å²) in [5.74, 6) is 0.691. The minimum Gasteiger partial charge on any atom is -0.337 e. The zero-order valence-electron chi connectivity index (χ0n) is 12.3. The van der Waals surface area contributed by atoms with Gasteiger partial charge in [-0.1, -0.05) is 33.6 Å². The Morgan fingerprint density at radius 1 is 1.50 bits per heavy atom. The van der Waals surface area contributed by atoms with Gasteiger partial charge in [0.05, 0.1) is 36.9 Å². The molecule has 2 heterocycles. The SMILES string of the molecule is Cc1ccc2c(c1)[C@@H]1C[NH+](C)CC[C@@H]1N2C(=O)[C@@H](C)Br. The number of rotatable bonds is 1. The number of likely N-dealkylation sites (N-methyl/N-ethyl adjacent to an activating group) is 1. The zero-order valence-corrected chi connectivity index (χ0v) is 13.9. The van der Waals surface area contributed by atoms with Gasteiger partial charge in [0.15, 0.2) is 0 Å². The van der Waals surface area contributed by atoms with Crippen LogP contribution in [0.25, 0.3) is 0 Å². The number of nitrogens with zero attached hydrogens (tertiary/aromatic N) is 1. The number of anilines is 1. The number of halogens is 1. The molecule has 1 fully saturated rings. The van der Waals surface area contributed by atoms with Crippen molar-refractivity contribution in [3.8, 4) is 0 Å². The second-order valence-electron chi connectivity index (χ2n) is 6.26. The molecule has 1 aromatic rings. The van der Waals surface area contributed by atoms with Crippen molar-refractivity contribution in [2.45, 2.75) is 37.1 Å². The monoisotopic (exact) mass is 337 g/mol. The van der Waals surface area contributed by atoms with Crippen molar-refractivity contribution in [3.63, 3.8) is 0 Å². The molecule has 0 aromatic heterocycles. The molecule has 1 N–H and O–H groups in total. The number of amides is 1. The molecular formula is C16H22BrN2O+. The quantitative estimate of drug-likeness (QED) is 0.771. The molecule has 0 aliphatic carbocycles. The summed E-state index contributed by atoms with van der Waals surface area (Å²) in [6.45, 7) is 6.33. The maximum Gasteiger partial charge on any atom is 0.240 e. The van der Waals surface area contributed by atoms with Crippen LogP contribution in [0, 0.1) is 6.92 Å². The van der Waals surface area contributed by atoms with Gasteiger partial charge in [0.2, 0.25) is 5.91 Å². The summed E-state index contributed by atoms with van der Waals surface area (Å²) in [6.07, 6.45) is 1.09. The number of aryl methyl sites for hydroxylation is 1. The lowest BCUT2D eigenvalue weighted by Crippen LogP contribution is -3.11. The average Bonchev–Trinajstić information content (AvgIpc) is 2.71. The smallest absolute Gasteiger partial charge is 0.240 e. The zero-order chi connectivity index (χ0) is 14.4. The highest BCUT2D eigenvalue weighted by molar-refractivity contribution is 9.10. The summed E-state index contributed by atoms with van der Waals surface area (Å²) in [6, 6.07) is 6.87. The molecule has 1 saturated heterocycles. The summed E-state index contributed by atoms with van der Waals surface area (Å²) in [7, 11) is 2.25. The highest BCUT2D eigenvalue weighted by Gasteiger charge is 2.46. The molecule has 0 saturated carbocycles. The lowest BCUT2D eigenvalue weighted by atomic mass is 9.89. The van der Waals surface area contributed by atoms with Gasteiger partial charge in [0.1, 0.15) is 0 Å². The lowest BCUT2D eigenvalue weighted by Gasteiger charge is -2.34. The first-order valence-electron chi connectivity index (χ1n) is 7.38. The van der Waals surface area contributed by atoms with Gasteiger partial charge in [-0.2, -0.15) is 0 Å². The Morgan fingerprint density at radius 3 is 2.95 bits per heavy atom. The molecule has 3 nitrogen and oxygen atoms in total. The Morgan fingerprint density at radius 2 is 2.25 bits per heavy atom. The van der Waals surface area contributed by atoms with Gasteiger partial charge >= 0.3 is 0 Å². The van der Waals surface area contributed by atoms with Crippen molar-refractivity contribution in [2.24, 2.45) is 0 Å². The molecule has 1 aromatic carbocycles. The first-order chi connectivity index (χ1) is 9.49. The second kappa shape index (κ2) is 5.15. The molecule has 0 radical (unpaired) electrons. The molecule has 4 heteroatoms. The van der Waals surface area contributed by atoms with Crippen molar-refractivity contribution in [1.82, 2.24) is 0 Å².